The number of rotatable bonds is 7. The highest BCUT2D eigenvalue weighted by Gasteiger charge is 2.11. The minimum absolute atomic E-state index is 0.807. The van der Waals surface area contributed by atoms with Crippen molar-refractivity contribution in [3.8, 4) is 0 Å². The van der Waals surface area contributed by atoms with E-state index < -0.39 is 0 Å². The number of hydrogen-bond donors (Lipinski definition) is 1. The Kier molecular flexibility index (Phi) is 6.55. The average molecular weight is 388 g/mol. The first-order valence-corrected chi connectivity index (χ1v) is 9.09. The van der Waals surface area contributed by atoms with Crippen LogP contribution >= 0.6 is 38.9 Å². The molecule has 0 atom stereocenters. The lowest BCUT2D eigenvalue weighted by molar-refractivity contribution is 0.674. The number of anilines is 1. The summed E-state index contributed by atoms with van der Waals surface area (Å²) in [4.78, 5) is 3.59. The van der Waals surface area contributed by atoms with Crippen molar-refractivity contribution in [2.75, 3.05) is 18.5 Å². The first-order valence-electron chi connectivity index (χ1n) is 7.04. The second-order valence-electron chi connectivity index (χ2n) is 5.00. The van der Waals surface area contributed by atoms with Gasteiger partial charge in [-0.1, -0.05) is 24.6 Å². The molecule has 2 nitrogen and oxygen atoms in total. The molecule has 0 unspecified atom stereocenters. The van der Waals surface area contributed by atoms with Crippen LogP contribution in [0.1, 0.15) is 23.8 Å². The van der Waals surface area contributed by atoms with Gasteiger partial charge in [0.2, 0.25) is 0 Å². The molecule has 0 saturated carbocycles. The third-order valence-corrected chi connectivity index (χ3v) is 5.29. The van der Waals surface area contributed by atoms with E-state index in [0.717, 1.165) is 35.6 Å². The summed E-state index contributed by atoms with van der Waals surface area (Å²) in [7, 11) is 2.11. The van der Waals surface area contributed by atoms with Crippen molar-refractivity contribution in [2.45, 2.75) is 26.4 Å². The van der Waals surface area contributed by atoms with Crippen molar-refractivity contribution in [1.82, 2.24) is 5.32 Å². The quantitative estimate of drug-likeness (QED) is 0.648. The lowest BCUT2D eigenvalue weighted by Gasteiger charge is -2.23. The summed E-state index contributed by atoms with van der Waals surface area (Å²) in [6, 6.07) is 8.28. The fraction of sp³-hybridized carbons (Fsp3) is 0.375. The molecule has 5 heteroatoms. The van der Waals surface area contributed by atoms with Gasteiger partial charge >= 0.3 is 0 Å². The van der Waals surface area contributed by atoms with Gasteiger partial charge in [-0.15, -0.1) is 11.3 Å². The Labute approximate surface area is 144 Å². The van der Waals surface area contributed by atoms with E-state index in [1.54, 1.807) is 11.3 Å². The van der Waals surface area contributed by atoms with Crippen molar-refractivity contribution < 1.29 is 0 Å². The smallest absolute Gasteiger partial charge is 0.0520 e. The number of nitrogens with zero attached hydrogens (tertiary/aromatic N) is 1. The monoisotopic (exact) mass is 386 g/mol. The molecule has 0 aliphatic rings. The van der Waals surface area contributed by atoms with Gasteiger partial charge in [-0.05, 0) is 47.1 Å². The Bertz CT molecular complexity index is 585. The molecular weight excluding hydrogens is 368 g/mol. The maximum absolute atomic E-state index is 6.39. The fourth-order valence-electron chi connectivity index (χ4n) is 2.23. The number of thiophene rings is 1. The largest absolute Gasteiger partial charge is 0.369 e. The third kappa shape index (κ3) is 4.71. The summed E-state index contributed by atoms with van der Waals surface area (Å²) < 4.78 is 1.15. The van der Waals surface area contributed by atoms with Crippen molar-refractivity contribution in [3.63, 3.8) is 0 Å². The van der Waals surface area contributed by atoms with Crippen LogP contribution in [0.2, 0.25) is 5.02 Å². The Morgan fingerprint density at radius 3 is 2.86 bits per heavy atom. The van der Waals surface area contributed by atoms with Gasteiger partial charge in [0.25, 0.3) is 0 Å². The molecule has 1 aromatic carbocycles. The van der Waals surface area contributed by atoms with Crippen LogP contribution in [0.3, 0.4) is 0 Å². The van der Waals surface area contributed by atoms with Crippen LogP contribution < -0.4 is 10.2 Å². The summed E-state index contributed by atoms with van der Waals surface area (Å²) in [5.41, 5.74) is 2.36. The van der Waals surface area contributed by atoms with Crippen molar-refractivity contribution >= 4 is 44.6 Å². The first-order chi connectivity index (χ1) is 10.1. The second kappa shape index (κ2) is 8.18. The highest BCUT2D eigenvalue weighted by Crippen LogP contribution is 2.29. The predicted octanol–water partition coefficient (Wildman–Crippen LogP) is 5.30. The van der Waals surface area contributed by atoms with E-state index in [0.29, 0.717) is 0 Å². The number of nitrogens with one attached hydrogen (secondary N) is 1. The van der Waals surface area contributed by atoms with Crippen LogP contribution in [0, 0.1) is 0 Å². The zero-order valence-electron chi connectivity index (χ0n) is 12.3. The Morgan fingerprint density at radius 1 is 1.38 bits per heavy atom. The van der Waals surface area contributed by atoms with Gasteiger partial charge in [-0.3, -0.25) is 0 Å². The van der Waals surface area contributed by atoms with E-state index in [9.17, 15) is 0 Å². The summed E-state index contributed by atoms with van der Waals surface area (Å²) in [5.74, 6) is 0. The molecule has 114 valence electrons. The number of benzene rings is 1. The molecule has 1 aromatic heterocycles. The topological polar surface area (TPSA) is 15.3 Å². The molecule has 2 rings (SSSR count). The third-order valence-electron chi connectivity index (χ3n) is 3.25. The average Bonchev–Trinajstić information content (AvgIpc) is 2.86. The second-order valence-corrected chi connectivity index (χ2v) is 7.32. The van der Waals surface area contributed by atoms with Crippen molar-refractivity contribution in [2.24, 2.45) is 0 Å². The maximum Gasteiger partial charge on any atom is 0.0520 e. The lowest BCUT2D eigenvalue weighted by atomic mass is 10.1. The van der Waals surface area contributed by atoms with Crippen LogP contribution in [0.4, 0.5) is 5.69 Å². The van der Waals surface area contributed by atoms with E-state index >= 15 is 0 Å². The predicted molar refractivity (Wildman–Crippen MR) is 97.6 cm³/mol. The van der Waals surface area contributed by atoms with Crippen molar-refractivity contribution in [3.05, 3.63) is 49.6 Å². The Balaban J connectivity index is 2.15. The molecule has 0 aliphatic carbocycles. The standard InChI is InChI=1S/C16H20BrClN2S/c1-3-7-19-9-14-15(18)5-4-6-16(14)20(2)10-13-8-12(17)11-21-13/h4-6,8,11,19H,3,7,9-10H2,1-2H3. The molecule has 21 heavy (non-hydrogen) atoms. The van der Waals surface area contributed by atoms with Gasteiger partial charge in [-0.25, -0.2) is 0 Å². The summed E-state index contributed by atoms with van der Waals surface area (Å²) >= 11 is 11.7. The molecule has 0 radical (unpaired) electrons. The summed E-state index contributed by atoms with van der Waals surface area (Å²) in [6.07, 6.45) is 1.12. The van der Waals surface area contributed by atoms with Crippen LogP contribution in [0.15, 0.2) is 34.1 Å². The van der Waals surface area contributed by atoms with Crippen LogP contribution in [0.5, 0.6) is 0 Å². The van der Waals surface area contributed by atoms with E-state index in [4.69, 9.17) is 11.6 Å². The molecule has 0 saturated heterocycles. The lowest BCUT2D eigenvalue weighted by Crippen LogP contribution is -2.21. The van der Waals surface area contributed by atoms with Crippen LogP contribution in [-0.2, 0) is 13.1 Å². The Hall–Kier alpha value is -0.550. The van der Waals surface area contributed by atoms with Gasteiger partial charge in [-0.2, -0.15) is 0 Å². The zero-order chi connectivity index (χ0) is 15.2. The van der Waals surface area contributed by atoms with Gasteiger partial charge in [0.05, 0.1) is 6.54 Å². The molecule has 2 aromatic rings. The molecular formula is C16H20BrClN2S. The molecule has 0 amide bonds. The zero-order valence-corrected chi connectivity index (χ0v) is 15.5. The normalized spacial score (nSPS) is 10.9. The fourth-order valence-corrected chi connectivity index (χ4v) is 3.97. The van der Waals surface area contributed by atoms with Gasteiger partial charge < -0.3 is 10.2 Å². The molecule has 0 bridgehead atoms. The van der Waals surface area contributed by atoms with Crippen LogP contribution in [-0.4, -0.2) is 13.6 Å². The maximum atomic E-state index is 6.39. The molecule has 1 heterocycles. The van der Waals surface area contributed by atoms with E-state index in [-0.39, 0.29) is 0 Å². The first kappa shape index (κ1) is 16.8. The van der Waals surface area contributed by atoms with E-state index in [1.807, 2.05) is 12.1 Å². The van der Waals surface area contributed by atoms with E-state index in [2.05, 4.69) is 57.6 Å². The number of halogens is 2. The van der Waals surface area contributed by atoms with Crippen LogP contribution in [0.25, 0.3) is 0 Å². The highest BCUT2D eigenvalue weighted by molar-refractivity contribution is 9.10. The Morgan fingerprint density at radius 2 is 2.19 bits per heavy atom. The minimum Gasteiger partial charge on any atom is -0.369 e. The molecule has 0 fully saturated rings. The highest BCUT2D eigenvalue weighted by atomic mass is 79.9. The molecule has 1 N–H and O–H groups in total. The van der Waals surface area contributed by atoms with Crippen molar-refractivity contribution in [1.29, 1.82) is 0 Å². The van der Waals surface area contributed by atoms with Gasteiger partial charge in [0, 0.05) is 44.6 Å². The SMILES string of the molecule is CCCNCc1c(Cl)cccc1N(C)Cc1cc(Br)cs1. The van der Waals surface area contributed by atoms with Gasteiger partial charge in [0.1, 0.15) is 0 Å². The van der Waals surface area contributed by atoms with E-state index in [1.165, 1.54) is 16.1 Å². The number of hydrogen-bond acceptors (Lipinski definition) is 3. The summed E-state index contributed by atoms with van der Waals surface area (Å²) in [6.45, 7) is 4.87. The molecule has 0 spiro atoms. The molecule has 0 aliphatic heterocycles. The summed E-state index contributed by atoms with van der Waals surface area (Å²) in [5, 5.41) is 6.38. The minimum atomic E-state index is 0.807. The van der Waals surface area contributed by atoms with Gasteiger partial charge in [0.15, 0.2) is 0 Å².